The van der Waals surface area contributed by atoms with E-state index < -0.39 is 30.0 Å². The van der Waals surface area contributed by atoms with Gasteiger partial charge in [-0.2, -0.15) is 13.2 Å². The molecule has 0 unspecified atom stereocenters. The van der Waals surface area contributed by atoms with E-state index in [1.807, 2.05) is 0 Å². The van der Waals surface area contributed by atoms with E-state index in [0.717, 1.165) is 12.1 Å². The molecule has 9 heteroatoms. The average Bonchev–Trinajstić information content (AvgIpc) is 2.50. The van der Waals surface area contributed by atoms with Crippen molar-refractivity contribution in [3.05, 3.63) is 58.1 Å². The zero-order valence-corrected chi connectivity index (χ0v) is 14.0. The van der Waals surface area contributed by atoms with Gasteiger partial charge >= 0.3 is 6.18 Å². The number of carbonyl (C=O) groups excluding carboxylic acids is 2. The van der Waals surface area contributed by atoms with Gasteiger partial charge in [-0.15, -0.1) is 0 Å². The fraction of sp³-hybridized carbons (Fsp3) is 0.125. The van der Waals surface area contributed by atoms with E-state index in [9.17, 15) is 22.8 Å². The molecule has 0 saturated heterocycles. The third-order valence-corrected chi connectivity index (χ3v) is 3.60. The lowest BCUT2D eigenvalue weighted by molar-refractivity contribution is -0.137. The van der Waals surface area contributed by atoms with Crippen molar-refractivity contribution in [2.45, 2.75) is 12.6 Å². The third-order valence-electron chi connectivity index (χ3n) is 3.02. The maximum Gasteiger partial charge on any atom is 0.416 e. The molecule has 132 valence electrons. The number of halogens is 5. The fourth-order valence-electron chi connectivity index (χ4n) is 1.88. The van der Waals surface area contributed by atoms with Crippen molar-refractivity contribution < 1.29 is 22.8 Å². The number of amides is 2. The number of carbonyl (C=O) groups is 2. The Bertz CT molecular complexity index is 793. The molecule has 0 aliphatic carbocycles. The summed E-state index contributed by atoms with van der Waals surface area (Å²) in [5.41, 5.74) is -0.752. The van der Waals surface area contributed by atoms with Gasteiger partial charge in [0.05, 0.1) is 16.3 Å². The third kappa shape index (κ3) is 5.65. The van der Waals surface area contributed by atoms with E-state index in [4.69, 9.17) is 23.2 Å². The summed E-state index contributed by atoms with van der Waals surface area (Å²) >= 11 is 11.5. The van der Waals surface area contributed by atoms with E-state index in [1.54, 1.807) is 24.3 Å². The van der Waals surface area contributed by atoms with Gasteiger partial charge in [0.2, 0.25) is 11.8 Å². The SMILES string of the molecule is O=C(CC(=O)Nc1cc(C(F)(F)F)ccc1Cl)Nc1ccc(Cl)cc1. The first-order chi connectivity index (χ1) is 11.6. The first-order valence-electron chi connectivity index (χ1n) is 6.87. The van der Waals surface area contributed by atoms with Crippen LogP contribution in [-0.2, 0) is 15.8 Å². The largest absolute Gasteiger partial charge is 0.416 e. The molecule has 0 aliphatic heterocycles. The van der Waals surface area contributed by atoms with Gasteiger partial charge in [0, 0.05) is 10.7 Å². The lowest BCUT2D eigenvalue weighted by atomic mass is 10.2. The summed E-state index contributed by atoms with van der Waals surface area (Å²) in [4.78, 5) is 23.6. The van der Waals surface area contributed by atoms with Crippen LogP contribution >= 0.6 is 23.2 Å². The predicted octanol–water partition coefficient (Wildman–Crippen LogP) is 4.98. The van der Waals surface area contributed by atoms with Gasteiger partial charge in [0.25, 0.3) is 0 Å². The molecule has 0 radical (unpaired) electrons. The molecule has 25 heavy (non-hydrogen) atoms. The molecule has 0 aliphatic rings. The van der Waals surface area contributed by atoms with Crippen LogP contribution in [0, 0.1) is 0 Å². The summed E-state index contributed by atoms with van der Waals surface area (Å²) in [5.74, 6) is -1.43. The maximum atomic E-state index is 12.7. The number of nitrogens with one attached hydrogen (secondary N) is 2. The van der Waals surface area contributed by atoms with Crippen molar-refractivity contribution in [2.24, 2.45) is 0 Å². The molecule has 2 aromatic rings. The molecule has 4 nitrogen and oxygen atoms in total. The van der Waals surface area contributed by atoms with Gasteiger partial charge in [0.15, 0.2) is 0 Å². The van der Waals surface area contributed by atoms with Gasteiger partial charge in [-0.25, -0.2) is 0 Å². The van der Waals surface area contributed by atoms with Crippen molar-refractivity contribution in [3.8, 4) is 0 Å². The highest BCUT2D eigenvalue weighted by atomic mass is 35.5. The second-order valence-corrected chi connectivity index (χ2v) is 5.82. The van der Waals surface area contributed by atoms with Crippen molar-refractivity contribution in [1.29, 1.82) is 0 Å². The van der Waals surface area contributed by atoms with E-state index in [1.165, 1.54) is 0 Å². The molecule has 0 spiro atoms. The maximum absolute atomic E-state index is 12.7. The normalized spacial score (nSPS) is 11.1. The average molecular weight is 391 g/mol. The topological polar surface area (TPSA) is 58.2 Å². The summed E-state index contributed by atoms with van der Waals surface area (Å²) in [5, 5.41) is 5.07. The van der Waals surface area contributed by atoms with Gasteiger partial charge < -0.3 is 10.6 Å². The highest BCUT2D eigenvalue weighted by Gasteiger charge is 2.31. The molecule has 2 amide bonds. The Labute approximate surface area is 150 Å². The van der Waals surface area contributed by atoms with Gasteiger partial charge in [-0.3, -0.25) is 9.59 Å². The Morgan fingerprint density at radius 2 is 1.52 bits per heavy atom. The van der Waals surface area contributed by atoms with Gasteiger partial charge in [-0.1, -0.05) is 23.2 Å². The van der Waals surface area contributed by atoms with Gasteiger partial charge in [0.1, 0.15) is 6.42 Å². The van der Waals surface area contributed by atoms with Crippen LogP contribution in [0.5, 0.6) is 0 Å². The molecular formula is C16H11Cl2F3N2O2. The number of alkyl halides is 3. The van der Waals surface area contributed by atoms with Crippen LogP contribution in [0.25, 0.3) is 0 Å². The molecule has 2 rings (SSSR count). The van der Waals surface area contributed by atoms with Crippen molar-refractivity contribution in [3.63, 3.8) is 0 Å². The van der Waals surface area contributed by atoms with E-state index in [0.29, 0.717) is 16.8 Å². The first kappa shape index (κ1) is 19.1. The minimum atomic E-state index is -4.57. The predicted molar refractivity (Wildman–Crippen MR) is 89.8 cm³/mol. The smallest absolute Gasteiger partial charge is 0.326 e. The van der Waals surface area contributed by atoms with E-state index in [2.05, 4.69) is 10.6 Å². The summed E-state index contributed by atoms with van der Waals surface area (Å²) < 4.78 is 38.1. The minimum absolute atomic E-state index is 0.0699. The van der Waals surface area contributed by atoms with Gasteiger partial charge in [-0.05, 0) is 42.5 Å². The first-order valence-corrected chi connectivity index (χ1v) is 7.63. The Kier molecular flexibility index (Phi) is 5.92. The molecule has 2 aromatic carbocycles. The van der Waals surface area contributed by atoms with Crippen LogP contribution < -0.4 is 10.6 Å². The Balaban J connectivity index is 2.00. The van der Waals surface area contributed by atoms with Crippen molar-refractivity contribution in [1.82, 2.24) is 0 Å². The summed E-state index contributed by atoms with van der Waals surface area (Å²) in [6.07, 6.45) is -5.16. The second-order valence-electron chi connectivity index (χ2n) is 4.97. The molecular weight excluding hydrogens is 380 g/mol. The fourth-order valence-corrected chi connectivity index (χ4v) is 2.17. The van der Waals surface area contributed by atoms with Crippen LogP contribution in [0.4, 0.5) is 24.5 Å². The van der Waals surface area contributed by atoms with E-state index >= 15 is 0 Å². The quantitative estimate of drug-likeness (QED) is 0.723. The zero-order chi connectivity index (χ0) is 18.6. The number of anilines is 2. The molecule has 0 bridgehead atoms. The molecule has 0 atom stereocenters. The lowest BCUT2D eigenvalue weighted by Crippen LogP contribution is -2.21. The molecule has 2 N–H and O–H groups in total. The van der Waals surface area contributed by atoms with E-state index in [-0.39, 0.29) is 10.7 Å². The summed E-state index contributed by atoms with van der Waals surface area (Å²) in [6, 6.07) is 8.72. The Hall–Kier alpha value is -2.25. The monoisotopic (exact) mass is 390 g/mol. The summed E-state index contributed by atoms with van der Waals surface area (Å²) in [6.45, 7) is 0. The molecule has 0 aromatic heterocycles. The number of hydrogen-bond acceptors (Lipinski definition) is 2. The minimum Gasteiger partial charge on any atom is -0.326 e. The van der Waals surface area contributed by atoms with Crippen LogP contribution in [0.1, 0.15) is 12.0 Å². The highest BCUT2D eigenvalue weighted by Crippen LogP contribution is 2.33. The van der Waals surface area contributed by atoms with Crippen LogP contribution in [0.3, 0.4) is 0 Å². The molecule has 0 saturated carbocycles. The standard InChI is InChI=1S/C16H11Cl2F3N2O2/c17-10-2-4-11(5-3-10)22-14(24)8-15(25)23-13-7-9(16(19,20)21)1-6-12(13)18/h1-7H,8H2,(H,22,24)(H,23,25). The number of benzene rings is 2. The zero-order valence-electron chi connectivity index (χ0n) is 12.5. The highest BCUT2D eigenvalue weighted by molar-refractivity contribution is 6.33. The summed E-state index contributed by atoms with van der Waals surface area (Å²) in [7, 11) is 0. The Morgan fingerprint density at radius 3 is 2.12 bits per heavy atom. The second kappa shape index (κ2) is 7.76. The number of rotatable bonds is 4. The Morgan fingerprint density at radius 1 is 0.920 bits per heavy atom. The van der Waals surface area contributed by atoms with Crippen LogP contribution in [0.2, 0.25) is 10.0 Å². The molecule has 0 heterocycles. The number of hydrogen-bond donors (Lipinski definition) is 2. The lowest BCUT2D eigenvalue weighted by Gasteiger charge is -2.11. The van der Waals surface area contributed by atoms with Crippen molar-refractivity contribution >= 4 is 46.4 Å². The molecule has 0 fully saturated rings. The van der Waals surface area contributed by atoms with Crippen LogP contribution in [-0.4, -0.2) is 11.8 Å². The van der Waals surface area contributed by atoms with Crippen molar-refractivity contribution in [2.75, 3.05) is 10.6 Å². The van der Waals surface area contributed by atoms with Crippen LogP contribution in [0.15, 0.2) is 42.5 Å².